The van der Waals surface area contributed by atoms with E-state index in [9.17, 15) is 4.79 Å². The molecule has 0 spiro atoms. The number of terminal acetylenes is 1. The molecule has 1 fully saturated rings. The highest BCUT2D eigenvalue weighted by Crippen LogP contribution is 2.19. The Kier molecular flexibility index (Phi) is 7.58. The first kappa shape index (κ1) is 19.9. The van der Waals surface area contributed by atoms with E-state index in [-0.39, 0.29) is 24.9 Å². The monoisotopic (exact) mass is 374 g/mol. The topological polar surface area (TPSA) is 54.7 Å². The van der Waals surface area contributed by atoms with Gasteiger partial charge in [-0.05, 0) is 25.0 Å². The van der Waals surface area contributed by atoms with Crippen LogP contribution in [0, 0.1) is 12.3 Å². The zero-order valence-corrected chi connectivity index (χ0v) is 15.3. The van der Waals surface area contributed by atoms with Crippen molar-refractivity contribution < 1.29 is 13.9 Å². The van der Waals surface area contributed by atoms with Crippen molar-refractivity contribution in [2.75, 3.05) is 19.7 Å². The molecule has 0 atom stereocenters. The van der Waals surface area contributed by atoms with Crippen molar-refractivity contribution >= 4 is 18.3 Å². The first-order valence-corrected chi connectivity index (χ1v) is 8.47. The van der Waals surface area contributed by atoms with Crippen molar-refractivity contribution in [3.05, 3.63) is 54.0 Å². The summed E-state index contributed by atoms with van der Waals surface area (Å²) in [5.74, 6) is 3.35. The first-order chi connectivity index (χ1) is 12.3. The number of hydrogen-bond acceptors (Lipinski definition) is 4. The Bertz CT molecular complexity index is 732. The van der Waals surface area contributed by atoms with Crippen molar-refractivity contribution in [2.24, 2.45) is 0 Å². The lowest BCUT2D eigenvalue weighted by Gasteiger charge is -2.32. The lowest BCUT2D eigenvalue weighted by molar-refractivity contribution is 0.0704. The number of carbonyl (C=O) groups excluding carboxylic acids is 1. The normalized spacial score (nSPS) is 14.3. The van der Waals surface area contributed by atoms with Crippen LogP contribution in [-0.2, 0) is 6.54 Å². The van der Waals surface area contributed by atoms with Crippen molar-refractivity contribution in [1.29, 1.82) is 0 Å². The lowest BCUT2D eigenvalue weighted by atomic mass is 10.0. The van der Waals surface area contributed by atoms with E-state index in [2.05, 4.69) is 11.2 Å². The van der Waals surface area contributed by atoms with Crippen LogP contribution in [0.3, 0.4) is 0 Å². The number of amides is 1. The van der Waals surface area contributed by atoms with Crippen molar-refractivity contribution in [1.82, 2.24) is 10.2 Å². The SMILES string of the molecule is C#CCOc1ccccc1CNC1CCN(C(=O)c2ccoc2)CC1.Cl. The molecule has 3 rings (SSSR count). The standard InChI is InChI=1S/C20H22N2O3.ClH/c1-2-12-25-19-6-4-3-5-16(19)14-21-18-7-10-22(11-8-18)20(23)17-9-13-24-15-17;/h1,3-6,9,13,15,18,21H,7-8,10-12,14H2;1H. The molecule has 1 amide bonds. The Morgan fingerprint density at radius 1 is 1.31 bits per heavy atom. The number of hydrogen-bond donors (Lipinski definition) is 1. The summed E-state index contributed by atoms with van der Waals surface area (Å²) in [6.45, 7) is 2.49. The maximum Gasteiger partial charge on any atom is 0.257 e. The molecule has 2 heterocycles. The van der Waals surface area contributed by atoms with Gasteiger partial charge in [-0.25, -0.2) is 0 Å². The van der Waals surface area contributed by atoms with E-state index in [4.69, 9.17) is 15.6 Å². The molecule has 1 aromatic heterocycles. The van der Waals surface area contributed by atoms with E-state index < -0.39 is 0 Å². The van der Waals surface area contributed by atoms with Crippen LogP contribution >= 0.6 is 12.4 Å². The fourth-order valence-corrected chi connectivity index (χ4v) is 3.02. The summed E-state index contributed by atoms with van der Waals surface area (Å²) in [5, 5.41) is 3.56. The van der Waals surface area contributed by atoms with Gasteiger partial charge in [-0.2, -0.15) is 0 Å². The molecule has 1 aliphatic heterocycles. The summed E-state index contributed by atoms with van der Waals surface area (Å²) >= 11 is 0. The Morgan fingerprint density at radius 2 is 2.08 bits per heavy atom. The molecule has 1 N–H and O–H groups in total. The molecule has 1 saturated heterocycles. The molecule has 5 nitrogen and oxygen atoms in total. The minimum absolute atomic E-state index is 0. The van der Waals surface area contributed by atoms with Crippen molar-refractivity contribution in [3.63, 3.8) is 0 Å². The van der Waals surface area contributed by atoms with Crippen LogP contribution in [0.5, 0.6) is 5.75 Å². The largest absolute Gasteiger partial charge is 0.481 e. The molecular weight excluding hydrogens is 352 g/mol. The highest BCUT2D eigenvalue weighted by atomic mass is 35.5. The zero-order valence-electron chi connectivity index (χ0n) is 14.5. The maximum atomic E-state index is 12.3. The molecule has 0 bridgehead atoms. The molecule has 0 radical (unpaired) electrons. The summed E-state index contributed by atoms with van der Waals surface area (Å²) in [4.78, 5) is 14.2. The van der Waals surface area contributed by atoms with Gasteiger partial charge in [0.15, 0.2) is 0 Å². The Morgan fingerprint density at radius 3 is 2.77 bits per heavy atom. The highest BCUT2D eigenvalue weighted by molar-refractivity contribution is 5.93. The van der Waals surface area contributed by atoms with E-state index in [1.54, 1.807) is 6.07 Å². The smallest absolute Gasteiger partial charge is 0.257 e. The Balaban J connectivity index is 0.00000243. The fraction of sp³-hybridized carbons (Fsp3) is 0.350. The number of para-hydroxylation sites is 1. The highest BCUT2D eigenvalue weighted by Gasteiger charge is 2.24. The van der Waals surface area contributed by atoms with Crippen LogP contribution < -0.4 is 10.1 Å². The summed E-state index contributed by atoms with van der Waals surface area (Å²) in [7, 11) is 0. The molecule has 0 aliphatic carbocycles. The second kappa shape index (κ2) is 9.91. The van der Waals surface area contributed by atoms with Crippen molar-refractivity contribution in [2.45, 2.75) is 25.4 Å². The van der Waals surface area contributed by atoms with E-state index in [0.29, 0.717) is 11.6 Å². The van der Waals surface area contributed by atoms with Crippen LogP contribution in [0.15, 0.2) is 47.3 Å². The van der Waals surface area contributed by atoms with E-state index in [0.717, 1.165) is 43.8 Å². The second-order valence-corrected chi connectivity index (χ2v) is 6.06. The molecule has 1 aromatic carbocycles. The van der Waals surface area contributed by atoms with Gasteiger partial charge in [0.2, 0.25) is 0 Å². The third kappa shape index (κ3) is 5.04. The molecular formula is C20H23ClN2O3. The molecule has 0 saturated carbocycles. The van der Waals surface area contributed by atoms with Crippen LogP contribution in [0.1, 0.15) is 28.8 Å². The minimum atomic E-state index is 0. The number of furan rings is 1. The summed E-state index contributed by atoms with van der Waals surface area (Å²) in [5.41, 5.74) is 1.71. The quantitative estimate of drug-likeness (QED) is 0.789. The third-order valence-corrected chi connectivity index (χ3v) is 4.42. The van der Waals surface area contributed by atoms with Crippen molar-refractivity contribution in [3.8, 4) is 18.1 Å². The van der Waals surface area contributed by atoms with Crippen LogP contribution in [0.25, 0.3) is 0 Å². The van der Waals surface area contributed by atoms with Gasteiger partial charge >= 0.3 is 0 Å². The average Bonchev–Trinajstić information content (AvgIpc) is 3.20. The van der Waals surface area contributed by atoms with Gasteiger partial charge in [-0.3, -0.25) is 4.79 Å². The predicted molar refractivity (Wildman–Crippen MR) is 102 cm³/mol. The minimum Gasteiger partial charge on any atom is -0.481 e. The number of nitrogens with one attached hydrogen (secondary N) is 1. The Labute approximate surface area is 160 Å². The Hall–Kier alpha value is -2.42. The maximum absolute atomic E-state index is 12.3. The summed E-state index contributed by atoms with van der Waals surface area (Å²) in [6.07, 6.45) is 10.1. The summed E-state index contributed by atoms with van der Waals surface area (Å²) in [6, 6.07) is 9.99. The molecule has 1 aliphatic rings. The van der Waals surface area contributed by atoms with Gasteiger partial charge in [0, 0.05) is 31.2 Å². The van der Waals surface area contributed by atoms with Gasteiger partial charge < -0.3 is 19.4 Å². The average molecular weight is 375 g/mol. The lowest BCUT2D eigenvalue weighted by Crippen LogP contribution is -2.44. The van der Waals surface area contributed by atoms with Gasteiger partial charge in [0.1, 0.15) is 18.6 Å². The molecule has 0 unspecified atom stereocenters. The number of rotatable bonds is 6. The fourth-order valence-electron chi connectivity index (χ4n) is 3.02. The second-order valence-electron chi connectivity index (χ2n) is 6.06. The number of nitrogens with zero attached hydrogens (tertiary/aromatic N) is 1. The number of carbonyl (C=O) groups is 1. The number of ether oxygens (including phenoxy) is 1. The van der Waals surface area contributed by atoms with Gasteiger partial charge in [0.05, 0.1) is 11.8 Å². The number of piperidine rings is 1. The van der Waals surface area contributed by atoms with Gasteiger partial charge in [-0.15, -0.1) is 18.8 Å². The first-order valence-electron chi connectivity index (χ1n) is 8.47. The van der Waals surface area contributed by atoms with Crippen LogP contribution in [0.2, 0.25) is 0 Å². The molecule has 26 heavy (non-hydrogen) atoms. The summed E-state index contributed by atoms with van der Waals surface area (Å²) < 4.78 is 10.6. The number of likely N-dealkylation sites (tertiary alicyclic amines) is 1. The van der Waals surface area contributed by atoms with Crippen LogP contribution in [0.4, 0.5) is 0 Å². The molecule has 138 valence electrons. The predicted octanol–water partition coefficient (Wildman–Crippen LogP) is 3.11. The van der Waals surface area contributed by atoms with E-state index in [1.165, 1.54) is 12.5 Å². The zero-order chi connectivity index (χ0) is 17.5. The van der Waals surface area contributed by atoms with Crippen LogP contribution in [-0.4, -0.2) is 36.5 Å². The number of halogens is 1. The third-order valence-electron chi connectivity index (χ3n) is 4.42. The molecule has 2 aromatic rings. The van der Waals surface area contributed by atoms with Gasteiger partial charge in [-0.1, -0.05) is 24.1 Å². The molecule has 6 heteroatoms. The van der Waals surface area contributed by atoms with E-state index in [1.807, 2.05) is 29.2 Å². The van der Waals surface area contributed by atoms with E-state index >= 15 is 0 Å². The number of benzene rings is 1. The van der Waals surface area contributed by atoms with Gasteiger partial charge in [0.25, 0.3) is 5.91 Å².